The molecule has 2 aromatic rings. The average molecular weight is 218 g/mol. The van der Waals surface area contributed by atoms with E-state index in [0.717, 1.165) is 5.82 Å². The fraction of sp³-hybridized carbons (Fsp3) is 0.111. The Bertz CT molecular complexity index is 532. The lowest BCUT2D eigenvalue weighted by molar-refractivity contribution is 0.318. The van der Waals surface area contributed by atoms with Gasteiger partial charge in [-0.3, -0.25) is 4.57 Å². The number of nitrogens with zero attached hydrogens (tertiary/aromatic N) is 5. The molecule has 0 aliphatic rings. The fourth-order valence-electron chi connectivity index (χ4n) is 1.25. The molecule has 2 rings (SSSR count). The molecule has 2 heterocycles. The molecule has 0 unspecified atom stereocenters. The predicted octanol–water partition coefficient (Wildman–Crippen LogP) is 0.0652. The maximum atomic E-state index is 8.55. The van der Waals surface area contributed by atoms with Crippen LogP contribution in [0.3, 0.4) is 0 Å². The van der Waals surface area contributed by atoms with Crippen molar-refractivity contribution >= 4 is 5.84 Å². The topological polar surface area (TPSA) is 102 Å². The van der Waals surface area contributed by atoms with Gasteiger partial charge in [0.15, 0.2) is 5.84 Å². The monoisotopic (exact) mass is 218 g/mol. The number of imidazole rings is 1. The highest BCUT2D eigenvalue weighted by atomic mass is 16.4. The molecule has 0 saturated carbocycles. The molecular weight excluding hydrogens is 208 g/mol. The number of oxime groups is 1. The molecule has 0 aliphatic carbocycles. The Labute approximate surface area is 91.3 Å². The minimum Gasteiger partial charge on any atom is -0.409 e. The van der Waals surface area contributed by atoms with E-state index in [1.807, 2.05) is 6.92 Å². The van der Waals surface area contributed by atoms with Gasteiger partial charge in [-0.05, 0) is 13.0 Å². The first-order chi connectivity index (χ1) is 7.72. The van der Waals surface area contributed by atoms with Gasteiger partial charge < -0.3 is 10.9 Å². The predicted molar refractivity (Wildman–Crippen MR) is 56.4 cm³/mol. The molecule has 3 N–H and O–H groups in total. The van der Waals surface area contributed by atoms with Crippen molar-refractivity contribution in [3.63, 3.8) is 0 Å². The second-order valence-corrected chi connectivity index (χ2v) is 3.07. The van der Waals surface area contributed by atoms with Crippen molar-refractivity contribution < 1.29 is 5.21 Å². The highest BCUT2D eigenvalue weighted by molar-refractivity contribution is 5.95. The molecule has 0 fully saturated rings. The SMILES string of the molecule is Cc1nccn1-c1nccc(/C(N)=N/O)n1. The van der Waals surface area contributed by atoms with Crippen molar-refractivity contribution in [2.24, 2.45) is 10.9 Å². The molecule has 0 amide bonds. The highest BCUT2D eigenvalue weighted by Crippen LogP contribution is 2.04. The summed E-state index contributed by atoms with van der Waals surface area (Å²) in [7, 11) is 0. The number of aryl methyl sites for hydroxylation is 1. The third-order valence-electron chi connectivity index (χ3n) is 2.05. The minimum atomic E-state index is -0.0542. The van der Waals surface area contributed by atoms with Gasteiger partial charge in [0.25, 0.3) is 0 Å². The zero-order valence-corrected chi connectivity index (χ0v) is 8.57. The van der Waals surface area contributed by atoms with Crippen molar-refractivity contribution in [1.82, 2.24) is 19.5 Å². The molecule has 0 saturated heterocycles. The van der Waals surface area contributed by atoms with Gasteiger partial charge in [-0.1, -0.05) is 5.16 Å². The first-order valence-corrected chi connectivity index (χ1v) is 4.53. The van der Waals surface area contributed by atoms with E-state index >= 15 is 0 Å². The first-order valence-electron chi connectivity index (χ1n) is 4.53. The quantitative estimate of drug-likeness (QED) is 0.321. The number of hydrogen-bond donors (Lipinski definition) is 2. The largest absolute Gasteiger partial charge is 0.409 e. The van der Waals surface area contributed by atoms with Crippen LogP contribution >= 0.6 is 0 Å². The summed E-state index contributed by atoms with van der Waals surface area (Å²) < 4.78 is 1.70. The van der Waals surface area contributed by atoms with Crippen LogP contribution < -0.4 is 5.73 Å². The summed E-state index contributed by atoms with van der Waals surface area (Å²) in [6.07, 6.45) is 4.92. The second-order valence-electron chi connectivity index (χ2n) is 3.07. The van der Waals surface area contributed by atoms with E-state index < -0.39 is 0 Å². The van der Waals surface area contributed by atoms with Crippen LogP contribution in [0.5, 0.6) is 0 Å². The smallest absolute Gasteiger partial charge is 0.235 e. The Balaban J connectivity index is 2.48. The zero-order valence-electron chi connectivity index (χ0n) is 8.57. The maximum absolute atomic E-state index is 8.55. The van der Waals surface area contributed by atoms with E-state index in [9.17, 15) is 0 Å². The molecule has 7 heteroatoms. The molecule has 0 bridgehead atoms. The number of amidine groups is 1. The van der Waals surface area contributed by atoms with E-state index in [1.165, 1.54) is 6.20 Å². The third-order valence-corrected chi connectivity index (χ3v) is 2.05. The van der Waals surface area contributed by atoms with Crippen LogP contribution in [-0.2, 0) is 0 Å². The summed E-state index contributed by atoms with van der Waals surface area (Å²) in [4.78, 5) is 12.3. The molecule has 82 valence electrons. The summed E-state index contributed by atoms with van der Waals surface area (Å²) in [6.45, 7) is 1.83. The summed E-state index contributed by atoms with van der Waals surface area (Å²) in [5.41, 5.74) is 5.80. The van der Waals surface area contributed by atoms with Gasteiger partial charge in [-0.25, -0.2) is 15.0 Å². The Morgan fingerprint density at radius 2 is 2.25 bits per heavy atom. The van der Waals surface area contributed by atoms with Gasteiger partial charge in [0, 0.05) is 18.6 Å². The van der Waals surface area contributed by atoms with Crippen LogP contribution in [0.1, 0.15) is 11.5 Å². The van der Waals surface area contributed by atoms with Crippen molar-refractivity contribution in [2.45, 2.75) is 6.92 Å². The van der Waals surface area contributed by atoms with E-state index in [1.54, 1.807) is 23.0 Å². The molecule has 0 atom stereocenters. The van der Waals surface area contributed by atoms with Crippen LogP contribution in [0, 0.1) is 6.92 Å². The van der Waals surface area contributed by atoms with E-state index in [4.69, 9.17) is 10.9 Å². The van der Waals surface area contributed by atoms with Gasteiger partial charge in [0.1, 0.15) is 11.5 Å². The standard InChI is InChI=1S/C9H10N6O/c1-6-11-4-5-15(6)9-12-3-2-7(13-9)8(10)14-16/h2-5,16H,1H3,(H2,10,14). The molecule has 0 aromatic carbocycles. The van der Waals surface area contributed by atoms with Gasteiger partial charge >= 0.3 is 0 Å². The third kappa shape index (κ3) is 1.70. The highest BCUT2D eigenvalue weighted by Gasteiger charge is 2.06. The Morgan fingerprint density at radius 3 is 2.88 bits per heavy atom. The first kappa shape index (κ1) is 10.1. The maximum Gasteiger partial charge on any atom is 0.235 e. The van der Waals surface area contributed by atoms with Gasteiger partial charge in [-0.2, -0.15) is 0 Å². The number of nitrogens with two attached hydrogens (primary N) is 1. The zero-order chi connectivity index (χ0) is 11.5. The van der Waals surface area contributed by atoms with Gasteiger partial charge in [0.05, 0.1) is 0 Å². The number of hydrogen-bond acceptors (Lipinski definition) is 5. The normalized spacial score (nSPS) is 11.7. The summed E-state index contributed by atoms with van der Waals surface area (Å²) in [6, 6.07) is 1.56. The molecule has 0 spiro atoms. The molecule has 0 aliphatic heterocycles. The van der Waals surface area contributed by atoms with Crippen molar-refractivity contribution in [2.75, 3.05) is 0 Å². The number of aromatic nitrogens is 4. The van der Waals surface area contributed by atoms with Crippen LogP contribution in [0.15, 0.2) is 29.8 Å². The minimum absolute atomic E-state index is 0.0542. The van der Waals surface area contributed by atoms with Crippen LogP contribution in [0.2, 0.25) is 0 Å². The second kappa shape index (κ2) is 3.97. The molecule has 16 heavy (non-hydrogen) atoms. The lowest BCUT2D eigenvalue weighted by Crippen LogP contribution is -2.16. The number of rotatable bonds is 2. The lowest BCUT2D eigenvalue weighted by atomic mass is 10.4. The molecular formula is C9H10N6O. The average Bonchev–Trinajstić information content (AvgIpc) is 2.74. The Kier molecular flexibility index (Phi) is 2.50. The fourth-order valence-corrected chi connectivity index (χ4v) is 1.25. The van der Waals surface area contributed by atoms with Gasteiger partial charge in [-0.15, -0.1) is 0 Å². The lowest BCUT2D eigenvalue weighted by Gasteiger charge is -2.04. The van der Waals surface area contributed by atoms with Crippen molar-refractivity contribution in [3.8, 4) is 5.95 Å². The van der Waals surface area contributed by atoms with Crippen LogP contribution in [0.4, 0.5) is 0 Å². The van der Waals surface area contributed by atoms with E-state index in [-0.39, 0.29) is 5.84 Å². The van der Waals surface area contributed by atoms with Crippen LogP contribution in [-0.4, -0.2) is 30.6 Å². The van der Waals surface area contributed by atoms with Gasteiger partial charge in [0.2, 0.25) is 5.95 Å². The van der Waals surface area contributed by atoms with Crippen molar-refractivity contribution in [1.29, 1.82) is 0 Å². The Morgan fingerprint density at radius 1 is 1.44 bits per heavy atom. The van der Waals surface area contributed by atoms with Crippen LogP contribution in [0.25, 0.3) is 5.95 Å². The molecule has 2 aromatic heterocycles. The molecule has 7 nitrogen and oxygen atoms in total. The van der Waals surface area contributed by atoms with E-state index in [0.29, 0.717) is 11.6 Å². The Hall–Kier alpha value is -2.44. The summed E-state index contributed by atoms with van der Waals surface area (Å²) in [5.74, 6) is 1.14. The van der Waals surface area contributed by atoms with Crippen molar-refractivity contribution in [3.05, 3.63) is 36.2 Å². The molecule has 0 radical (unpaired) electrons. The summed E-state index contributed by atoms with van der Waals surface area (Å²) in [5, 5.41) is 11.4. The summed E-state index contributed by atoms with van der Waals surface area (Å²) >= 11 is 0. The van der Waals surface area contributed by atoms with E-state index in [2.05, 4.69) is 20.1 Å².